The van der Waals surface area contributed by atoms with Gasteiger partial charge in [0.05, 0.1) is 4.90 Å². The Balaban J connectivity index is 2.07. The van der Waals surface area contributed by atoms with Gasteiger partial charge in [0.2, 0.25) is 0 Å². The smallest absolute Gasteiger partial charge is 0.181 e. The van der Waals surface area contributed by atoms with E-state index in [1.165, 1.54) is 31.0 Å². The molecule has 1 aromatic heterocycles. The first-order valence-electron chi connectivity index (χ1n) is 8.51. The first kappa shape index (κ1) is 18.1. The van der Waals surface area contributed by atoms with E-state index in [-0.39, 0.29) is 10.7 Å². The Labute approximate surface area is 162 Å². The van der Waals surface area contributed by atoms with Crippen molar-refractivity contribution in [3.8, 4) is 33.5 Å². The van der Waals surface area contributed by atoms with Crippen molar-refractivity contribution in [3.63, 3.8) is 0 Å². The number of aromatic nitrogens is 1. The van der Waals surface area contributed by atoms with E-state index < -0.39 is 9.84 Å². The predicted molar refractivity (Wildman–Crippen MR) is 106 cm³/mol. The van der Waals surface area contributed by atoms with E-state index in [2.05, 4.69) is 4.98 Å². The molecule has 3 aromatic carbocycles. The highest BCUT2D eigenvalue weighted by Gasteiger charge is 2.21. The van der Waals surface area contributed by atoms with Crippen LogP contribution in [0.25, 0.3) is 33.5 Å². The van der Waals surface area contributed by atoms with Crippen LogP contribution in [0.1, 0.15) is 0 Å². The second-order valence-corrected chi connectivity index (χ2v) is 8.40. The summed E-state index contributed by atoms with van der Waals surface area (Å²) >= 11 is 0. The molecule has 0 unspecified atom stereocenters. The number of sulfone groups is 1. The molecule has 4 rings (SSSR count). The fourth-order valence-electron chi connectivity index (χ4n) is 3.16. The molecule has 28 heavy (non-hydrogen) atoms. The molecule has 0 aliphatic rings. The van der Waals surface area contributed by atoms with Crippen molar-refractivity contribution in [2.75, 3.05) is 6.26 Å². The largest absolute Gasteiger partial charge is 0.451 e. The average molecular weight is 393 g/mol. The van der Waals surface area contributed by atoms with Crippen molar-refractivity contribution in [2.45, 2.75) is 4.90 Å². The third-order valence-electron chi connectivity index (χ3n) is 4.47. The predicted octanol–water partition coefficient (Wildman–Crippen LogP) is 5.22. The molecule has 0 fully saturated rings. The van der Waals surface area contributed by atoms with Crippen molar-refractivity contribution < 1.29 is 17.2 Å². The van der Waals surface area contributed by atoms with Gasteiger partial charge in [-0.15, -0.1) is 0 Å². The molecule has 4 nitrogen and oxygen atoms in total. The molecule has 0 spiro atoms. The Morgan fingerprint density at radius 1 is 0.857 bits per heavy atom. The highest BCUT2D eigenvalue weighted by molar-refractivity contribution is 7.90. The summed E-state index contributed by atoms with van der Waals surface area (Å²) in [5.41, 5.74) is 3.98. The standard InChI is InChI=1S/C22H16FNO3S/c1-28(25,26)22-12-18(15-5-3-2-4-6-15)20(21-13-27-14-24-21)11-19(22)16-7-9-17(23)10-8-16/h2-14H,1H3. The van der Waals surface area contributed by atoms with Crippen molar-refractivity contribution in [1.82, 2.24) is 4.98 Å². The first-order valence-corrected chi connectivity index (χ1v) is 10.4. The maximum absolute atomic E-state index is 13.4. The van der Waals surface area contributed by atoms with E-state index in [0.717, 1.165) is 16.7 Å². The van der Waals surface area contributed by atoms with Crippen LogP contribution in [0.15, 0.2) is 88.7 Å². The minimum absolute atomic E-state index is 0.171. The van der Waals surface area contributed by atoms with Gasteiger partial charge in [-0.2, -0.15) is 0 Å². The van der Waals surface area contributed by atoms with E-state index in [1.54, 1.807) is 24.3 Å². The van der Waals surface area contributed by atoms with Crippen LogP contribution >= 0.6 is 0 Å². The number of rotatable bonds is 4. The third kappa shape index (κ3) is 3.46. The zero-order valence-corrected chi connectivity index (χ0v) is 15.8. The SMILES string of the molecule is CS(=O)(=O)c1cc(-c2ccccc2)c(-c2cocn2)cc1-c1ccc(F)cc1. The van der Waals surface area contributed by atoms with Gasteiger partial charge in [-0.1, -0.05) is 42.5 Å². The van der Waals surface area contributed by atoms with Gasteiger partial charge >= 0.3 is 0 Å². The van der Waals surface area contributed by atoms with Gasteiger partial charge < -0.3 is 4.42 Å². The molecule has 0 atom stereocenters. The van der Waals surface area contributed by atoms with Crippen LogP contribution < -0.4 is 0 Å². The minimum Gasteiger partial charge on any atom is -0.451 e. The van der Waals surface area contributed by atoms with Gasteiger partial charge in [0.1, 0.15) is 17.8 Å². The number of benzene rings is 3. The van der Waals surface area contributed by atoms with Crippen LogP contribution in [0.2, 0.25) is 0 Å². The zero-order chi connectivity index (χ0) is 19.7. The number of hydrogen-bond acceptors (Lipinski definition) is 4. The summed E-state index contributed by atoms with van der Waals surface area (Å²) < 4.78 is 43.7. The van der Waals surface area contributed by atoms with E-state index in [0.29, 0.717) is 16.8 Å². The Kier molecular flexibility index (Phi) is 4.57. The summed E-state index contributed by atoms with van der Waals surface area (Å²) in [6, 6.07) is 18.6. The molecule has 6 heteroatoms. The first-order chi connectivity index (χ1) is 13.4. The zero-order valence-electron chi connectivity index (χ0n) is 15.0. The van der Waals surface area contributed by atoms with E-state index in [4.69, 9.17) is 4.42 Å². The van der Waals surface area contributed by atoms with Crippen LogP contribution in [-0.4, -0.2) is 19.7 Å². The van der Waals surface area contributed by atoms with Crippen molar-refractivity contribution in [2.24, 2.45) is 0 Å². The molecule has 0 saturated carbocycles. The lowest BCUT2D eigenvalue weighted by Gasteiger charge is -2.15. The summed E-state index contributed by atoms with van der Waals surface area (Å²) in [7, 11) is -3.55. The van der Waals surface area contributed by atoms with Crippen molar-refractivity contribution >= 4 is 9.84 Å². The molecular formula is C22H16FNO3S. The molecule has 140 valence electrons. The van der Waals surface area contributed by atoms with Crippen molar-refractivity contribution in [3.05, 3.63) is 85.2 Å². The van der Waals surface area contributed by atoms with E-state index in [1.807, 2.05) is 30.3 Å². The van der Waals surface area contributed by atoms with Gasteiger partial charge in [-0.05, 0) is 41.0 Å². The van der Waals surface area contributed by atoms with Gasteiger partial charge in [-0.3, -0.25) is 0 Å². The van der Waals surface area contributed by atoms with Crippen LogP contribution in [0, 0.1) is 5.82 Å². The van der Waals surface area contributed by atoms with Crippen LogP contribution in [-0.2, 0) is 9.84 Å². The van der Waals surface area contributed by atoms with Crippen LogP contribution in [0.3, 0.4) is 0 Å². The lowest BCUT2D eigenvalue weighted by molar-refractivity contribution is 0.558. The third-order valence-corrected chi connectivity index (χ3v) is 5.60. The van der Waals surface area contributed by atoms with E-state index >= 15 is 0 Å². The average Bonchev–Trinajstić information content (AvgIpc) is 3.22. The Bertz CT molecular complexity index is 1220. The van der Waals surface area contributed by atoms with Crippen LogP contribution in [0.5, 0.6) is 0 Å². The Morgan fingerprint density at radius 3 is 2.14 bits per heavy atom. The minimum atomic E-state index is -3.55. The summed E-state index contributed by atoms with van der Waals surface area (Å²) in [5.74, 6) is -0.387. The molecule has 0 N–H and O–H groups in total. The van der Waals surface area contributed by atoms with Gasteiger partial charge in [-0.25, -0.2) is 17.8 Å². The highest BCUT2D eigenvalue weighted by Crippen LogP contribution is 2.39. The molecule has 1 heterocycles. The number of hydrogen-bond donors (Lipinski definition) is 0. The number of oxazole rings is 1. The maximum atomic E-state index is 13.4. The highest BCUT2D eigenvalue weighted by atomic mass is 32.2. The molecule has 0 radical (unpaired) electrons. The molecule has 0 amide bonds. The lowest BCUT2D eigenvalue weighted by Crippen LogP contribution is -2.02. The van der Waals surface area contributed by atoms with Crippen LogP contribution in [0.4, 0.5) is 4.39 Å². The second kappa shape index (κ2) is 7.05. The molecule has 0 aliphatic carbocycles. The summed E-state index contributed by atoms with van der Waals surface area (Å²) in [6.07, 6.45) is 4.00. The quantitative estimate of drug-likeness (QED) is 0.477. The molecule has 0 saturated heterocycles. The molecule has 0 aliphatic heterocycles. The monoisotopic (exact) mass is 393 g/mol. The van der Waals surface area contributed by atoms with Gasteiger partial charge in [0, 0.05) is 17.4 Å². The van der Waals surface area contributed by atoms with Gasteiger partial charge in [0.25, 0.3) is 0 Å². The second-order valence-electron chi connectivity index (χ2n) is 6.41. The van der Waals surface area contributed by atoms with Gasteiger partial charge in [0.15, 0.2) is 16.2 Å². The summed E-state index contributed by atoms with van der Waals surface area (Å²) in [6.45, 7) is 0. The van der Waals surface area contributed by atoms with Crippen molar-refractivity contribution in [1.29, 1.82) is 0 Å². The summed E-state index contributed by atoms with van der Waals surface area (Å²) in [5, 5.41) is 0. The fourth-order valence-corrected chi connectivity index (χ4v) is 4.06. The Hall–Kier alpha value is -3.25. The maximum Gasteiger partial charge on any atom is 0.181 e. The number of halogens is 1. The molecule has 4 aromatic rings. The van der Waals surface area contributed by atoms with E-state index in [9.17, 15) is 12.8 Å². The molecular weight excluding hydrogens is 377 g/mol. The summed E-state index contributed by atoms with van der Waals surface area (Å²) in [4.78, 5) is 4.41. The molecule has 0 bridgehead atoms. The topological polar surface area (TPSA) is 60.2 Å². The number of nitrogens with zero attached hydrogens (tertiary/aromatic N) is 1. The fraction of sp³-hybridized carbons (Fsp3) is 0.0455. The Morgan fingerprint density at radius 2 is 1.54 bits per heavy atom. The normalized spacial score (nSPS) is 11.5. The lowest BCUT2D eigenvalue weighted by atomic mass is 9.93.